The maximum absolute atomic E-state index is 14.0. The molecule has 0 spiro atoms. The minimum Gasteiger partial charge on any atom is -0.364 e. The lowest BCUT2D eigenvalue weighted by Crippen LogP contribution is -2.48. The van der Waals surface area contributed by atoms with Crippen LogP contribution in [0.1, 0.15) is 53.2 Å². The van der Waals surface area contributed by atoms with Gasteiger partial charge in [-0.3, -0.25) is 9.78 Å². The lowest BCUT2D eigenvalue weighted by Gasteiger charge is -2.42. The van der Waals surface area contributed by atoms with Crippen molar-refractivity contribution < 1.29 is 9.18 Å². The lowest BCUT2D eigenvalue weighted by atomic mass is 9.95. The lowest BCUT2D eigenvalue weighted by molar-refractivity contribution is 0.0944. The minimum atomic E-state index is -0.228. The van der Waals surface area contributed by atoms with Crippen LogP contribution in [-0.2, 0) is 6.54 Å². The van der Waals surface area contributed by atoms with E-state index >= 15 is 0 Å². The van der Waals surface area contributed by atoms with E-state index in [0.29, 0.717) is 30.9 Å². The summed E-state index contributed by atoms with van der Waals surface area (Å²) in [6.07, 6.45) is 6.40. The highest BCUT2D eigenvalue weighted by Crippen LogP contribution is 2.29. The predicted molar refractivity (Wildman–Crippen MR) is 175 cm³/mol. The van der Waals surface area contributed by atoms with Crippen LogP contribution >= 0.6 is 0 Å². The van der Waals surface area contributed by atoms with Crippen molar-refractivity contribution in [3.63, 3.8) is 0 Å². The second-order valence-corrected chi connectivity index (χ2v) is 11.8. The number of rotatable bonds is 10. The van der Waals surface area contributed by atoms with Crippen molar-refractivity contribution in [2.75, 3.05) is 24.5 Å². The van der Waals surface area contributed by atoms with E-state index in [9.17, 15) is 9.18 Å². The zero-order valence-electron chi connectivity index (χ0n) is 25.8. The van der Waals surface area contributed by atoms with Gasteiger partial charge in [-0.05, 0) is 104 Å². The Balaban J connectivity index is 1.16. The first-order valence-electron chi connectivity index (χ1n) is 15.3. The number of aromatic nitrogens is 1. The number of benzene rings is 3. The van der Waals surface area contributed by atoms with Gasteiger partial charge >= 0.3 is 0 Å². The van der Waals surface area contributed by atoms with Crippen molar-refractivity contribution in [2.45, 2.75) is 58.7 Å². The Morgan fingerprint density at radius 3 is 2.34 bits per heavy atom. The first-order valence-corrected chi connectivity index (χ1v) is 15.3. The van der Waals surface area contributed by atoms with Crippen molar-refractivity contribution in [1.82, 2.24) is 15.2 Å². The second-order valence-electron chi connectivity index (χ2n) is 11.8. The Labute approximate surface area is 260 Å². The van der Waals surface area contributed by atoms with Gasteiger partial charge in [-0.25, -0.2) is 9.24 Å². The molecule has 4 aromatic rings. The van der Waals surface area contributed by atoms with Gasteiger partial charge in [-0.2, -0.15) is 0 Å². The number of pyridine rings is 1. The van der Waals surface area contributed by atoms with Crippen LogP contribution in [0.2, 0.25) is 0 Å². The fourth-order valence-corrected chi connectivity index (χ4v) is 6.32. The van der Waals surface area contributed by atoms with E-state index < -0.39 is 0 Å². The number of carbonyl (C=O) groups excluding carboxylic acids is 1. The molecule has 5 rings (SSSR count). The minimum absolute atomic E-state index is 0.0237. The van der Waals surface area contributed by atoms with Crippen LogP contribution in [0.4, 0.5) is 15.8 Å². The zero-order valence-corrected chi connectivity index (χ0v) is 25.8. The molecule has 0 saturated carbocycles. The van der Waals surface area contributed by atoms with Crippen LogP contribution in [0.5, 0.6) is 0 Å². The molecule has 1 unspecified atom stereocenters. The molecule has 1 atom stereocenters. The van der Waals surface area contributed by atoms with Crippen LogP contribution in [0.25, 0.3) is 16.0 Å². The van der Waals surface area contributed by atoms with E-state index in [-0.39, 0.29) is 11.7 Å². The number of anilines is 1. The average Bonchev–Trinajstić information content (AvgIpc) is 3.04. The van der Waals surface area contributed by atoms with Crippen molar-refractivity contribution >= 4 is 17.3 Å². The number of nitrogens with zero attached hydrogens (tertiary/aromatic N) is 4. The summed E-state index contributed by atoms with van der Waals surface area (Å²) in [4.78, 5) is 25.7. The van der Waals surface area contributed by atoms with Gasteiger partial charge in [-0.15, -0.1) is 0 Å². The average molecular weight is 590 g/mol. The van der Waals surface area contributed by atoms with Crippen LogP contribution in [0.3, 0.4) is 0 Å². The van der Waals surface area contributed by atoms with E-state index in [1.54, 1.807) is 24.5 Å². The largest absolute Gasteiger partial charge is 0.364 e. The summed E-state index contributed by atoms with van der Waals surface area (Å²) in [5.74, 6) is -0.252. The van der Waals surface area contributed by atoms with Gasteiger partial charge in [0.2, 0.25) is 0 Å². The number of nitrogens with one attached hydrogen (secondary N) is 1. The quantitative estimate of drug-likeness (QED) is 0.192. The molecule has 44 heavy (non-hydrogen) atoms. The molecule has 1 amide bonds. The Morgan fingerprint density at radius 2 is 1.70 bits per heavy atom. The summed E-state index contributed by atoms with van der Waals surface area (Å²) in [6.45, 7) is 16.7. The highest BCUT2D eigenvalue weighted by Gasteiger charge is 2.27. The number of piperidine rings is 1. The molecule has 2 heterocycles. The van der Waals surface area contributed by atoms with Crippen molar-refractivity contribution in [2.24, 2.45) is 0 Å². The third-order valence-electron chi connectivity index (χ3n) is 8.74. The molecule has 1 fully saturated rings. The van der Waals surface area contributed by atoms with Crippen molar-refractivity contribution in [3.05, 3.63) is 125 Å². The van der Waals surface area contributed by atoms with E-state index in [1.165, 1.54) is 6.07 Å². The summed E-state index contributed by atoms with van der Waals surface area (Å²) in [5.41, 5.74) is 7.46. The first kappa shape index (κ1) is 30.9. The molecule has 1 aromatic heterocycles. The summed E-state index contributed by atoms with van der Waals surface area (Å²) in [5, 5.41) is 3.16. The molecule has 0 radical (unpaired) electrons. The maximum atomic E-state index is 14.0. The highest BCUT2D eigenvalue weighted by atomic mass is 19.1. The molecule has 1 saturated heterocycles. The second kappa shape index (κ2) is 14.3. The van der Waals surface area contributed by atoms with Gasteiger partial charge < -0.3 is 15.1 Å². The van der Waals surface area contributed by atoms with E-state index in [2.05, 4.69) is 44.0 Å². The molecule has 7 heteroatoms. The molecule has 1 N–H and O–H groups in total. The number of aryl methyl sites for hydroxylation is 2. The molecule has 6 nitrogen and oxygen atoms in total. The molecule has 1 aliphatic heterocycles. The Morgan fingerprint density at radius 1 is 1.02 bits per heavy atom. The molecule has 0 aliphatic carbocycles. The third kappa shape index (κ3) is 7.50. The highest BCUT2D eigenvalue weighted by molar-refractivity contribution is 5.97. The van der Waals surface area contributed by atoms with Crippen LogP contribution in [0.15, 0.2) is 85.2 Å². The molecule has 0 bridgehead atoms. The standard InChI is InChI=1S/C37H40FN5O/c1-26-22-31(30-13-17-40-18-14-30)23-27(2)36(26)37(44)41-19-12-28(3)42-20-15-35(16-21-42)43(25-29-6-5-7-32(38)24-29)34-10-8-33(39-4)9-11-34/h5-11,13-14,17-18,22-24,28,35H,12,15-16,19-21,25H2,1-3H3,(H,41,44). The van der Waals surface area contributed by atoms with Gasteiger partial charge in [0.1, 0.15) is 5.82 Å². The number of likely N-dealkylation sites (tertiary alicyclic amines) is 1. The summed E-state index contributed by atoms with van der Waals surface area (Å²) in [6, 6.07) is 23.2. The monoisotopic (exact) mass is 589 g/mol. The number of hydrogen-bond donors (Lipinski definition) is 1. The molecule has 1 aliphatic rings. The van der Waals surface area contributed by atoms with Gasteiger partial charge in [-0.1, -0.05) is 36.4 Å². The van der Waals surface area contributed by atoms with Gasteiger partial charge in [0.15, 0.2) is 5.69 Å². The molecule has 226 valence electrons. The zero-order chi connectivity index (χ0) is 31.1. The maximum Gasteiger partial charge on any atom is 0.251 e. The Kier molecular flexibility index (Phi) is 10.0. The number of carbonyl (C=O) groups is 1. The summed E-state index contributed by atoms with van der Waals surface area (Å²) < 4.78 is 14.0. The summed E-state index contributed by atoms with van der Waals surface area (Å²) in [7, 11) is 0. The third-order valence-corrected chi connectivity index (χ3v) is 8.74. The fraction of sp³-hybridized carbons (Fsp3) is 0.324. The molecular weight excluding hydrogens is 549 g/mol. The number of hydrogen-bond acceptors (Lipinski definition) is 4. The van der Waals surface area contributed by atoms with Crippen LogP contribution in [-0.4, -0.2) is 47.5 Å². The van der Waals surface area contributed by atoms with E-state index in [0.717, 1.165) is 71.4 Å². The SMILES string of the molecule is [C-]#[N+]c1ccc(N(Cc2cccc(F)c2)C2CCN(C(C)CCNC(=O)c3c(C)cc(-c4ccncc4)cc3C)CC2)cc1. The van der Waals surface area contributed by atoms with Crippen molar-refractivity contribution in [1.29, 1.82) is 0 Å². The number of halogens is 1. The Hall–Kier alpha value is -4.54. The first-order chi connectivity index (χ1) is 21.3. The normalized spacial score (nSPS) is 14.5. The molecular formula is C37H40FN5O. The van der Waals surface area contributed by atoms with Crippen LogP contribution in [0, 0.1) is 26.2 Å². The van der Waals surface area contributed by atoms with Gasteiger partial charge in [0.25, 0.3) is 5.91 Å². The van der Waals surface area contributed by atoms with Gasteiger partial charge in [0, 0.05) is 61.9 Å². The topological polar surface area (TPSA) is 52.8 Å². The van der Waals surface area contributed by atoms with E-state index in [1.807, 2.05) is 56.3 Å². The smallest absolute Gasteiger partial charge is 0.251 e. The molecule has 3 aromatic carbocycles. The van der Waals surface area contributed by atoms with Gasteiger partial charge in [0.05, 0.1) is 6.57 Å². The fourth-order valence-electron chi connectivity index (χ4n) is 6.32. The predicted octanol–water partition coefficient (Wildman–Crippen LogP) is 7.73. The van der Waals surface area contributed by atoms with Crippen LogP contribution < -0.4 is 10.2 Å². The van der Waals surface area contributed by atoms with E-state index in [4.69, 9.17) is 6.57 Å². The Bertz CT molecular complexity index is 1580. The van der Waals surface area contributed by atoms with Crippen molar-refractivity contribution in [3.8, 4) is 11.1 Å². The number of amides is 1. The summed E-state index contributed by atoms with van der Waals surface area (Å²) >= 11 is 0.